The molecule has 0 bridgehead atoms. The maximum atomic E-state index is 13.3. The molecule has 40 heavy (non-hydrogen) atoms. The second-order valence-corrected chi connectivity index (χ2v) is 11.0. The molecule has 1 aliphatic rings. The van der Waals surface area contributed by atoms with E-state index in [-0.39, 0.29) is 23.9 Å². The van der Waals surface area contributed by atoms with Gasteiger partial charge in [0.15, 0.2) is 0 Å². The molecule has 2 heterocycles. The molecule has 206 valence electrons. The average Bonchev–Trinajstić information content (AvgIpc) is 2.99. The van der Waals surface area contributed by atoms with Crippen LogP contribution < -0.4 is 11.3 Å². The van der Waals surface area contributed by atoms with Crippen LogP contribution in [0.25, 0.3) is 22.3 Å². The third kappa shape index (κ3) is 6.24. The molecule has 4 aromatic rings. The van der Waals surface area contributed by atoms with Gasteiger partial charge >= 0.3 is 0 Å². The molecule has 1 aromatic heterocycles. The lowest BCUT2D eigenvalue weighted by molar-refractivity contribution is -0.136. The highest BCUT2D eigenvalue weighted by molar-refractivity contribution is 5.83. The van der Waals surface area contributed by atoms with Gasteiger partial charge in [-0.3, -0.25) is 9.59 Å². The molecule has 0 unspecified atom stereocenters. The Morgan fingerprint density at radius 3 is 2.23 bits per heavy atom. The minimum atomic E-state index is -1.07. The maximum absolute atomic E-state index is 13.3. The third-order valence-corrected chi connectivity index (χ3v) is 8.05. The van der Waals surface area contributed by atoms with Crippen LogP contribution in [-0.2, 0) is 17.9 Å². The standard InChI is InChI=1S/C34H37N3O3/c1-25(27-10-4-2-5-11-27)19-32(38)36-17-15-34(40,16-18-36)24-37-23-31(29-14-8-9-26(20-29)22-35)30(21-33(37)39)28-12-6-3-7-13-28/h2-14,20-21,23,25,40H,15-19,22,24,35H2,1H3/t25-/m1/s1. The molecule has 1 aliphatic heterocycles. The van der Waals surface area contributed by atoms with Crippen molar-refractivity contribution in [2.45, 2.75) is 50.8 Å². The number of likely N-dealkylation sites (tertiary alicyclic amines) is 1. The lowest BCUT2D eigenvalue weighted by Gasteiger charge is -2.39. The smallest absolute Gasteiger partial charge is 0.251 e. The highest BCUT2D eigenvalue weighted by Gasteiger charge is 2.35. The minimum Gasteiger partial charge on any atom is -0.388 e. The van der Waals surface area contributed by atoms with Crippen LogP contribution >= 0.6 is 0 Å². The molecule has 3 aromatic carbocycles. The topological polar surface area (TPSA) is 88.6 Å². The molecule has 0 aliphatic carbocycles. The molecule has 6 nitrogen and oxygen atoms in total. The fourth-order valence-electron chi connectivity index (χ4n) is 5.59. The highest BCUT2D eigenvalue weighted by Crippen LogP contribution is 2.33. The number of amides is 1. The predicted molar refractivity (Wildman–Crippen MR) is 160 cm³/mol. The van der Waals surface area contributed by atoms with Crippen LogP contribution in [0.2, 0.25) is 0 Å². The van der Waals surface area contributed by atoms with E-state index in [4.69, 9.17) is 5.73 Å². The maximum Gasteiger partial charge on any atom is 0.251 e. The number of nitrogens with zero attached hydrogens (tertiary/aromatic N) is 2. The SMILES string of the molecule is C[C@H](CC(=O)N1CCC(O)(Cn2cc(-c3cccc(CN)c3)c(-c3ccccc3)cc2=O)CC1)c1ccccc1. The zero-order valence-corrected chi connectivity index (χ0v) is 23.0. The van der Waals surface area contributed by atoms with E-state index in [1.165, 1.54) is 0 Å². The summed E-state index contributed by atoms with van der Waals surface area (Å²) in [5.41, 5.74) is 10.5. The number of hydrogen-bond acceptors (Lipinski definition) is 4. The first-order valence-corrected chi connectivity index (χ1v) is 14.0. The van der Waals surface area contributed by atoms with Crippen LogP contribution in [0.3, 0.4) is 0 Å². The molecule has 1 fully saturated rings. The first kappa shape index (κ1) is 27.6. The van der Waals surface area contributed by atoms with E-state index in [1.807, 2.05) is 96.0 Å². The molecule has 5 rings (SSSR count). The quantitative estimate of drug-likeness (QED) is 0.325. The zero-order chi connectivity index (χ0) is 28.1. The van der Waals surface area contributed by atoms with Crippen molar-refractivity contribution < 1.29 is 9.90 Å². The third-order valence-electron chi connectivity index (χ3n) is 8.05. The summed E-state index contributed by atoms with van der Waals surface area (Å²) >= 11 is 0. The van der Waals surface area contributed by atoms with E-state index < -0.39 is 5.60 Å². The number of carbonyl (C=O) groups excluding carboxylic acids is 1. The molecule has 1 saturated heterocycles. The predicted octanol–water partition coefficient (Wildman–Crippen LogP) is 5.19. The normalized spacial score (nSPS) is 15.5. The van der Waals surface area contributed by atoms with Crippen molar-refractivity contribution in [3.63, 3.8) is 0 Å². The number of aromatic nitrogens is 1. The van der Waals surface area contributed by atoms with Crippen molar-refractivity contribution in [3.8, 4) is 22.3 Å². The number of pyridine rings is 1. The van der Waals surface area contributed by atoms with Crippen LogP contribution in [0.1, 0.15) is 43.2 Å². The zero-order valence-electron chi connectivity index (χ0n) is 23.0. The summed E-state index contributed by atoms with van der Waals surface area (Å²) in [6, 6.07) is 29.6. The summed E-state index contributed by atoms with van der Waals surface area (Å²) in [5, 5.41) is 11.5. The van der Waals surface area contributed by atoms with E-state index in [1.54, 1.807) is 10.6 Å². The molecule has 1 amide bonds. The number of benzene rings is 3. The summed E-state index contributed by atoms with van der Waals surface area (Å²) in [4.78, 5) is 28.2. The Morgan fingerprint density at radius 2 is 1.55 bits per heavy atom. The van der Waals surface area contributed by atoms with Gasteiger partial charge in [-0.25, -0.2) is 0 Å². The van der Waals surface area contributed by atoms with Crippen LogP contribution in [0, 0.1) is 0 Å². The Kier molecular flexibility index (Phi) is 8.29. The number of nitrogens with two attached hydrogens (primary N) is 1. The van der Waals surface area contributed by atoms with Gasteiger partial charge in [0.2, 0.25) is 5.91 Å². The van der Waals surface area contributed by atoms with Gasteiger partial charge in [0, 0.05) is 43.9 Å². The van der Waals surface area contributed by atoms with Gasteiger partial charge in [-0.05, 0) is 52.6 Å². The second-order valence-electron chi connectivity index (χ2n) is 11.0. The van der Waals surface area contributed by atoms with Gasteiger partial charge in [-0.15, -0.1) is 0 Å². The lowest BCUT2D eigenvalue weighted by Crippen LogP contribution is -2.49. The van der Waals surface area contributed by atoms with Gasteiger partial charge < -0.3 is 20.3 Å². The molecule has 0 spiro atoms. The number of rotatable bonds is 8. The summed E-state index contributed by atoms with van der Waals surface area (Å²) < 4.78 is 1.62. The highest BCUT2D eigenvalue weighted by atomic mass is 16.3. The van der Waals surface area contributed by atoms with Crippen molar-refractivity contribution >= 4 is 5.91 Å². The molecular weight excluding hydrogens is 498 g/mol. The van der Waals surface area contributed by atoms with Crippen LogP contribution in [-0.4, -0.2) is 39.2 Å². The summed E-state index contributed by atoms with van der Waals surface area (Å²) in [7, 11) is 0. The van der Waals surface area contributed by atoms with E-state index in [9.17, 15) is 14.7 Å². The minimum absolute atomic E-state index is 0.102. The fraction of sp³-hybridized carbons (Fsp3) is 0.294. The number of hydrogen-bond donors (Lipinski definition) is 2. The van der Waals surface area contributed by atoms with E-state index in [0.29, 0.717) is 38.9 Å². The fourth-order valence-corrected chi connectivity index (χ4v) is 5.59. The van der Waals surface area contributed by atoms with Crippen molar-refractivity contribution in [2.75, 3.05) is 13.1 Å². The number of aliphatic hydroxyl groups is 1. The van der Waals surface area contributed by atoms with E-state index in [2.05, 4.69) is 6.92 Å². The first-order valence-electron chi connectivity index (χ1n) is 14.0. The van der Waals surface area contributed by atoms with E-state index in [0.717, 1.165) is 33.4 Å². The van der Waals surface area contributed by atoms with Gasteiger partial charge in [0.25, 0.3) is 5.56 Å². The Morgan fingerprint density at radius 1 is 0.900 bits per heavy atom. The van der Waals surface area contributed by atoms with Crippen LogP contribution in [0.5, 0.6) is 0 Å². The van der Waals surface area contributed by atoms with Gasteiger partial charge in [0.05, 0.1) is 12.1 Å². The number of carbonyl (C=O) groups is 1. The Hall–Kier alpha value is -4.00. The largest absolute Gasteiger partial charge is 0.388 e. The molecule has 6 heteroatoms. The Labute approximate surface area is 235 Å². The van der Waals surface area contributed by atoms with Gasteiger partial charge in [-0.2, -0.15) is 0 Å². The molecule has 0 saturated carbocycles. The second kappa shape index (κ2) is 12.0. The summed E-state index contributed by atoms with van der Waals surface area (Å²) in [5.74, 6) is 0.234. The van der Waals surface area contributed by atoms with Crippen molar-refractivity contribution in [1.82, 2.24) is 9.47 Å². The van der Waals surface area contributed by atoms with Crippen LogP contribution in [0.15, 0.2) is 102 Å². The lowest BCUT2D eigenvalue weighted by atomic mass is 9.89. The summed E-state index contributed by atoms with van der Waals surface area (Å²) in [6.45, 7) is 3.61. The molecule has 0 radical (unpaired) electrons. The average molecular weight is 536 g/mol. The van der Waals surface area contributed by atoms with Crippen LogP contribution in [0.4, 0.5) is 0 Å². The monoisotopic (exact) mass is 535 g/mol. The Balaban J connectivity index is 1.35. The summed E-state index contributed by atoms with van der Waals surface area (Å²) in [6.07, 6.45) is 3.14. The number of piperidine rings is 1. The molecule has 1 atom stereocenters. The van der Waals surface area contributed by atoms with Crippen molar-refractivity contribution in [1.29, 1.82) is 0 Å². The van der Waals surface area contributed by atoms with E-state index >= 15 is 0 Å². The van der Waals surface area contributed by atoms with Gasteiger partial charge in [-0.1, -0.05) is 85.8 Å². The first-order chi connectivity index (χ1) is 19.3. The van der Waals surface area contributed by atoms with Crippen molar-refractivity contribution in [3.05, 3.63) is 119 Å². The molecular formula is C34H37N3O3. The van der Waals surface area contributed by atoms with Gasteiger partial charge in [0.1, 0.15) is 0 Å². The Bertz CT molecular complexity index is 1510. The molecule has 3 N–H and O–H groups in total. The van der Waals surface area contributed by atoms with Crippen molar-refractivity contribution in [2.24, 2.45) is 5.73 Å².